The van der Waals surface area contributed by atoms with E-state index in [-0.39, 0.29) is 34.9 Å². The van der Waals surface area contributed by atoms with E-state index in [1.165, 1.54) is 10.4 Å². The Morgan fingerprint density at radius 1 is 0.870 bits per heavy atom. The molecule has 0 bridgehead atoms. The summed E-state index contributed by atoms with van der Waals surface area (Å²) in [5, 5.41) is 3.64. The minimum atomic E-state index is -2.83. The van der Waals surface area contributed by atoms with Gasteiger partial charge in [-0.05, 0) is 54.7 Å². The SMILES string of the molecule is C=CCC1C[C@H](c2cccc(Cl)c2)[C@@H](c2ccc(Cl)cc2)N(C(CC)CO[Si-](c2ccccc2)(c2ccccc2)C(C)(C)C)C1=O. The van der Waals surface area contributed by atoms with Gasteiger partial charge in [0.2, 0.25) is 5.91 Å². The van der Waals surface area contributed by atoms with Crippen molar-refractivity contribution in [3.05, 3.63) is 143 Å². The normalized spacial score (nSPS) is 19.6. The molecule has 5 rings (SSSR count). The third-order valence-electron chi connectivity index (χ3n) is 9.54. The van der Waals surface area contributed by atoms with E-state index in [9.17, 15) is 4.79 Å². The van der Waals surface area contributed by atoms with Crippen molar-refractivity contribution in [2.75, 3.05) is 6.61 Å². The highest BCUT2D eigenvalue weighted by atomic mass is 35.5. The van der Waals surface area contributed by atoms with E-state index in [0.29, 0.717) is 29.5 Å². The van der Waals surface area contributed by atoms with Crippen LogP contribution in [0.3, 0.4) is 0 Å². The number of allylic oxidation sites excluding steroid dienone is 1. The molecule has 6 heteroatoms. The van der Waals surface area contributed by atoms with Gasteiger partial charge in [-0.2, -0.15) is 10.4 Å². The van der Waals surface area contributed by atoms with Gasteiger partial charge in [0.05, 0.1) is 20.4 Å². The summed E-state index contributed by atoms with van der Waals surface area (Å²) in [6.07, 6.45) is 3.95. The van der Waals surface area contributed by atoms with Gasteiger partial charge in [0.1, 0.15) is 0 Å². The molecule has 4 atom stereocenters. The lowest BCUT2D eigenvalue weighted by Gasteiger charge is -2.57. The van der Waals surface area contributed by atoms with Crippen LogP contribution in [0.15, 0.2) is 122 Å². The predicted octanol–water partition coefficient (Wildman–Crippen LogP) is 9.60. The van der Waals surface area contributed by atoms with Crippen molar-refractivity contribution in [2.45, 2.75) is 70.0 Å². The fourth-order valence-electron chi connectivity index (χ4n) is 7.37. The third kappa shape index (κ3) is 6.91. The standard InChI is InChI=1S/C40H45Cl2NO2Si/c1-6-15-31-27-37(30-16-14-17-33(42)26-30)38(29-22-24-32(41)25-23-29)43(39(31)44)34(7-2)28-45-46(40(3,4)5,35-18-10-8-11-19-35)36-20-12-9-13-21-36/h6,8-14,16-26,31,34,37-38H,1,7,15,27-28H2,2-5H3/q-1/t31?,34?,37-,38-/m1/s1. The maximum Gasteiger partial charge on any atom is 0.226 e. The van der Waals surface area contributed by atoms with Crippen LogP contribution in [0.25, 0.3) is 0 Å². The monoisotopic (exact) mass is 669 g/mol. The molecule has 1 saturated heterocycles. The average molecular weight is 671 g/mol. The number of carbonyl (C=O) groups is 1. The van der Waals surface area contributed by atoms with Crippen LogP contribution in [0.1, 0.15) is 70.0 Å². The molecular formula is C40H45Cl2NO2Si-. The van der Waals surface area contributed by atoms with Crippen molar-refractivity contribution in [2.24, 2.45) is 5.92 Å². The Balaban J connectivity index is 1.64. The number of amides is 1. The Hall–Kier alpha value is -3.15. The van der Waals surface area contributed by atoms with Crippen LogP contribution in [-0.2, 0) is 9.22 Å². The molecular weight excluding hydrogens is 625 g/mol. The summed E-state index contributed by atoms with van der Waals surface area (Å²) in [6.45, 7) is 13.5. The van der Waals surface area contributed by atoms with Crippen LogP contribution in [-0.4, -0.2) is 31.8 Å². The number of likely N-dealkylation sites (tertiary alicyclic amines) is 1. The Morgan fingerprint density at radius 2 is 1.48 bits per heavy atom. The molecule has 4 aromatic carbocycles. The Labute approximate surface area is 286 Å². The van der Waals surface area contributed by atoms with Crippen molar-refractivity contribution in [1.82, 2.24) is 4.90 Å². The molecule has 1 aliphatic rings. The highest BCUT2D eigenvalue weighted by molar-refractivity contribution is 6.99. The second-order valence-electron chi connectivity index (χ2n) is 13.4. The van der Waals surface area contributed by atoms with E-state index >= 15 is 0 Å². The zero-order valence-electron chi connectivity index (χ0n) is 27.3. The fourth-order valence-corrected chi connectivity index (χ4v) is 12.3. The molecule has 0 aliphatic carbocycles. The third-order valence-corrected chi connectivity index (χ3v) is 15.0. The van der Waals surface area contributed by atoms with Gasteiger partial charge in [0, 0.05) is 28.5 Å². The first-order chi connectivity index (χ1) is 22.1. The van der Waals surface area contributed by atoms with Crippen LogP contribution < -0.4 is 10.4 Å². The molecule has 241 valence electrons. The average Bonchev–Trinajstić information content (AvgIpc) is 3.05. The van der Waals surface area contributed by atoms with E-state index < -0.39 is 8.32 Å². The Kier molecular flexibility index (Phi) is 10.9. The van der Waals surface area contributed by atoms with E-state index in [2.05, 4.69) is 118 Å². The Bertz CT molecular complexity index is 1560. The lowest BCUT2D eigenvalue weighted by atomic mass is 9.74. The van der Waals surface area contributed by atoms with Gasteiger partial charge in [-0.1, -0.05) is 142 Å². The van der Waals surface area contributed by atoms with Crippen LogP contribution in [0.5, 0.6) is 0 Å². The number of carbonyl (C=O) groups excluding carboxylic acids is 1. The van der Waals surface area contributed by atoms with Crippen molar-refractivity contribution in [3.63, 3.8) is 0 Å². The minimum absolute atomic E-state index is 0.0319. The summed E-state index contributed by atoms with van der Waals surface area (Å²) >= 11 is 12.9. The second-order valence-corrected chi connectivity index (χ2v) is 18.6. The largest absolute Gasteiger partial charge is 0.556 e. The zero-order valence-corrected chi connectivity index (χ0v) is 29.8. The van der Waals surface area contributed by atoms with Gasteiger partial charge >= 0.3 is 0 Å². The molecule has 0 spiro atoms. The van der Waals surface area contributed by atoms with Crippen molar-refractivity contribution in [1.29, 1.82) is 0 Å². The maximum absolute atomic E-state index is 14.7. The number of hydrogen-bond acceptors (Lipinski definition) is 2. The Morgan fingerprint density at radius 3 is 2.00 bits per heavy atom. The molecule has 0 N–H and O–H groups in total. The summed E-state index contributed by atoms with van der Waals surface area (Å²) in [5.74, 6) is -0.00703. The molecule has 46 heavy (non-hydrogen) atoms. The minimum Gasteiger partial charge on any atom is -0.556 e. The van der Waals surface area contributed by atoms with Gasteiger partial charge in [0.15, 0.2) is 0 Å². The molecule has 1 aliphatic heterocycles. The molecule has 0 saturated carbocycles. The zero-order chi connectivity index (χ0) is 32.9. The fraction of sp³-hybridized carbons (Fsp3) is 0.325. The molecule has 0 aromatic heterocycles. The van der Waals surface area contributed by atoms with Crippen LogP contribution in [0.4, 0.5) is 0 Å². The molecule has 0 radical (unpaired) electrons. The van der Waals surface area contributed by atoms with Gasteiger partial charge in [-0.25, -0.2) is 0 Å². The first-order valence-corrected chi connectivity index (χ1v) is 19.0. The quantitative estimate of drug-likeness (QED) is 0.118. The summed E-state index contributed by atoms with van der Waals surface area (Å²) in [5.41, 5.74) is 2.19. The predicted molar refractivity (Wildman–Crippen MR) is 196 cm³/mol. The van der Waals surface area contributed by atoms with Crippen LogP contribution in [0, 0.1) is 5.92 Å². The molecule has 1 fully saturated rings. The lowest BCUT2D eigenvalue weighted by Crippen LogP contribution is -2.67. The molecule has 2 unspecified atom stereocenters. The summed E-state index contributed by atoms with van der Waals surface area (Å²) in [4.78, 5) is 16.8. The molecule has 4 aromatic rings. The van der Waals surface area contributed by atoms with Gasteiger partial charge in [-0.15, -0.1) is 11.6 Å². The van der Waals surface area contributed by atoms with E-state index in [4.69, 9.17) is 27.6 Å². The van der Waals surface area contributed by atoms with E-state index in [1.807, 2.05) is 36.4 Å². The number of piperidine rings is 1. The maximum atomic E-state index is 14.7. The van der Waals surface area contributed by atoms with E-state index in [0.717, 1.165) is 17.5 Å². The highest BCUT2D eigenvalue weighted by Crippen LogP contribution is 2.48. The number of benzene rings is 4. The van der Waals surface area contributed by atoms with Crippen molar-refractivity contribution < 1.29 is 9.22 Å². The smallest absolute Gasteiger partial charge is 0.226 e. The van der Waals surface area contributed by atoms with Crippen molar-refractivity contribution >= 4 is 47.8 Å². The first kappa shape index (κ1) is 34.2. The molecule has 3 nitrogen and oxygen atoms in total. The molecule has 1 heterocycles. The number of halogens is 2. The number of hydrogen-bond donors (Lipinski definition) is 0. The van der Waals surface area contributed by atoms with Gasteiger partial charge in [0.25, 0.3) is 0 Å². The summed E-state index contributed by atoms with van der Waals surface area (Å²) < 4.78 is 7.46. The van der Waals surface area contributed by atoms with Gasteiger partial charge < -0.3 is 9.33 Å². The highest BCUT2D eigenvalue weighted by Gasteiger charge is 2.46. The number of rotatable bonds is 11. The van der Waals surface area contributed by atoms with Crippen LogP contribution in [0.2, 0.25) is 15.1 Å². The van der Waals surface area contributed by atoms with Crippen molar-refractivity contribution in [3.8, 4) is 0 Å². The number of nitrogens with zero attached hydrogens (tertiary/aromatic N) is 1. The van der Waals surface area contributed by atoms with Gasteiger partial charge in [-0.3, -0.25) is 4.79 Å². The topological polar surface area (TPSA) is 29.5 Å². The van der Waals surface area contributed by atoms with E-state index in [1.54, 1.807) is 0 Å². The summed E-state index contributed by atoms with van der Waals surface area (Å²) in [6, 6.07) is 37.1. The van der Waals surface area contributed by atoms with Crippen LogP contribution >= 0.6 is 23.2 Å². The lowest BCUT2D eigenvalue weighted by molar-refractivity contribution is -0.147. The molecule has 1 amide bonds. The first-order valence-electron chi connectivity index (χ1n) is 16.3. The second kappa shape index (κ2) is 14.7. The summed E-state index contributed by atoms with van der Waals surface area (Å²) in [7, 11) is -2.83.